The van der Waals surface area contributed by atoms with Gasteiger partial charge >= 0.3 is 0 Å². The van der Waals surface area contributed by atoms with Gasteiger partial charge in [-0.25, -0.2) is 0 Å². The standard InChI is InChI=1S/C21H32N4O2/c22-20(26)16-24-13-9-19(10-14-24)25-12-4-7-18(15-25)21(27)23-11-8-17-5-2-1-3-6-17/h1-3,5-6,18-19H,4,7-16H2,(H2,22,26)(H,23,27). The van der Waals surface area contributed by atoms with E-state index in [1.807, 2.05) is 18.2 Å². The minimum atomic E-state index is -0.251. The van der Waals surface area contributed by atoms with E-state index >= 15 is 0 Å². The third-order valence-electron chi connectivity index (χ3n) is 5.83. The molecule has 6 heteroatoms. The van der Waals surface area contributed by atoms with Gasteiger partial charge in [-0.1, -0.05) is 30.3 Å². The number of nitrogens with two attached hydrogens (primary N) is 1. The van der Waals surface area contributed by atoms with Crippen LogP contribution in [0.2, 0.25) is 0 Å². The molecule has 0 radical (unpaired) electrons. The van der Waals surface area contributed by atoms with E-state index < -0.39 is 0 Å². The van der Waals surface area contributed by atoms with Crippen LogP contribution < -0.4 is 11.1 Å². The predicted molar refractivity (Wildman–Crippen MR) is 106 cm³/mol. The first-order valence-corrected chi connectivity index (χ1v) is 10.2. The van der Waals surface area contributed by atoms with Gasteiger partial charge < -0.3 is 11.1 Å². The molecule has 2 aliphatic heterocycles. The SMILES string of the molecule is NC(=O)CN1CCC(N2CCCC(C(=O)NCCc3ccccc3)C2)CC1. The van der Waals surface area contributed by atoms with Crippen molar-refractivity contribution in [2.45, 2.75) is 38.1 Å². The van der Waals surface area contributed by atoms with Crippen molar-refractivity contribution in [1.82, 2.24) is 15.1 Å². The van der Waals surface area contributed by atoms with Crippen LogP contribution in [0.5, 0.6) is 0 Å². The zero-order valence-electron chi connectivity index (χ0n) is 16.1. The van der Waals surface area contributed by atoms with Crippen LogP contribution in [0, 0.1) is 5.92 Å². The zero-order chi connectivity index (χ0) is 19.1. The van der Waals surface area contributed by atoms with Crippen LogP contribution in [-0.4, -0.2) is 66.9 Å². The second-order valence-electron chi connectivity index (χ2n) is 7.83. The summed E-state index contributed by atoms with van der Waals surface area (Å²) in [6.45, 7) is 4.83. The molecular formula is C21H32N4O2. The van der Waals surface area contributed by atoms with Crippen LogP contribution in [0.25, 0.3) is 0 Å². The van der Waals surface area contributed by atoms with E-state index in [9.17, 15) is 9.59 Å². The molecule has 3 rings (SSSR count). The Morgan fingerprint density at radius 3 is 2.52 bits per heavy atom. The lowest BCUT2D eigenvalue weighted by molar-refractivity contribution is -0.127. The Hall–Kier alpha value is -1.92. The normalized spacial score (nSPS) is 22.4. The molecule has 2 amide bonds. The quantitative estimate of drug-likeness (QED) is 0.749. The number of rotatable bonds is 7. The number of nitrogens with one attached hydrogen (secondary N) is 1. The van der Waals surface area contributed by atoms with Gasteiger partial charge in [0, 0.05) is 32.2 Å². The molecule has 1 unspecified atom stereocenters. The molecule has 2 saturated heterocycles. The fraction of sp³-hybridized carbons (Fsp3) is 0.619. The number of hydrogen-bond acceptors (Lipinski definition) is 4. The van der Waals surface area contributed by atoms with Crippen molar-refractivity contribution in [3.8, 4) is 0 Å². The molecule has 6 nitrogen and oxygen atoms in total. The maximum absolute atomic E-state index is 12.6. The van der Waals surface area contributed by atoms with Crippen LogP contribution in [0.15, 0.2) is 30.3 Å². The van der Waals surface area contributed by atoms with E-state index in [2.05, 4.69) is 27.2 Å². The van der Waals surface area contributed by atoms with Crippen LogP contribution >= 0.6 is 0 Å². The summed E-state index contributed by atoms with van der Waals surface area (Å²) in [6, 6.07) is 10.8. The van der Waals surface area contributed by atoms with Crippen molar-refractivity contribution in [2.24, 2.45) is 11.7 Å². The summed E-state index contributed by atoms with van der Waals surface area (Å²) in [7, 11) is 0. The molecular weight excluding hydrogens is 340 g/mol. The first kappa shape index (κ1) is 19.8. The Labute approximate surface area is 162 Å². The summed E-state index contributed by atoms with van der Waals surface area (Å²) in [5.41, 5.74) is 6.55. The highest BCUT2D eigenvalue weighted by Crippen LogP contribution is 2.24. The minimum Gasteiger partial charge on any atom is -0.369 e. The maximum atomic E-state index is 12.6. The lowest BCUT2D eigenvalue weighted by atomic mass is 9.93. The molecule has 1 atom stereocenters. The molecule has 1 aromatic carbocycles. The van der Waals surface area contributed by atoms with Gasteiger partial charge in [0.25, 0.3) is 0 Å². The monoisotopic (exact) mass is 372 g/mol. The molecule has 0 spiro atoms. The summed E-state index contributed by atoms with van der Waals surface area (Å²) in [4.78, 5) is 28.3. The highest BCUT2D eigenvalue weighted by atomic mass is 16.2. The van der Waals surface area contributed by atoms with Gasteiger partial charge in [-0.05, 0) is 44.2 Å². The van der Waals surface area contributed by atoms with Gasteiger partial charge in [0.1, 0.15) is 0 Å². The van der Waals surface area contributed by atoms with Gasteiger partial charge in [0.15, 0.2) is 0 Å². The largest absolute Gasteiger partial charge is 0.369 e. The number of amides is 2. The Kier molecular flexibility index (Phi) is 7.24. The number of benzene rings is 1. The molecule has 2 heterocycles. The Bertz CT molecular complexity index is 614. The smallest absolute Gasteiger partial charge is 0.231 e. The number of nitrogens with zero attached hydrogens (tertiary/aromatic N) is 2. The van der Waals surface area contributed by atoms with E-state index in [-0.39, 0.29) is 17.7 Å². The van der Waals surface area contributed by atoms with Gasteiger partial charge in [-0.2, -0.15) is 0 Å². The fourth-order valence-electron chi connectivity index (χ4n) is 4.33. The van der Waals surface area contributed by atoms with E-state index in [1.165, 1.54) is 5.56 Å². The van der Waals surface area contributed by atoms with E-state index in [1.54, 1.807) is 0 Å². The molecule has 0 aliphatic carbocycles. The van der Waals surface area contributed by atoms with Crippen molar-refractivity contribution in [3.63, 3.8) is 0 Å². The third kappa shape index (κ3) is 6.04. The second kappa shape index (κ2) is 9.85. The van der Waals surface area contributed by atoms with Crippen LogP contribution in [0.1, 0.15) is 31.2 Å². The minimum absolute atomic E-state index is 0.0955. The van der Waals surface area contributed by atoms with E-state index in [0.29, 0.717) is 19.1 Å². The second-order valence-corrected chi connectivity index (χ2v) is 7.83. The molecule has 2 fully saturated rings. The lowest BCUT2D eigenvalue weighted by Crippen LogP contribution is -2.51. The molecule has 0 bridgehead atoms. The lowest BCUT2D eigenvalue weighted by Gasteiger charge is -2.41. The average molecular weight is 373 g/mol. The molecule has 2 aliphatic rings. The molecule has 3 N–H and O–H groups in total. The number of carbonyl (C=O) groups is 2. The molecule has 1 aromatic rings. The summed E-state index contributed by atoms with van der Waals surface area (Å²) in [6.07, 6.45) is 5.04. The van der Waals surface area contributed by atoms with Crippen molar-refractivity contribution in [1.29, 1.82) is 0 Å². The number of primary amides is 1. The van der Waals surface area contributed by atoms with Gasteiger partial charge in [-0.15, -0.1) is 0 Å². The number of carbonyl (C=O) groups excluding carboxylic acids is 2. The summed E-state index contributed by atoms with van der Waals surface area (Å²) >= 11 is 0. The first-order chi connectivity index (χ1) is 13.1. The fourth-order valence-corrected chi connectivity index (χ4v) is 4.33. The van der Waals surface area contributed by atoms with E-state index in [4.69, 9.17) is 5.73 Å². The molecule has 0 saturated carbocycles. The Morgan fingerprint density at radius 2 is 1.81 bits per heavy atom. The van der Waals surface area contributed by atoms with Crippen LogP contribution in [0.4, 0.5) is 0 Å². The number of piperidine rings is 2. The highest BCUT2D eigenvalue weighted by molar-refractivity contribution is 5.79. The van der Waals surface area contributed by atoms with Crippen molar-refractivity contribution in [2.75, 3.05) is 39.3 Å². The zero-order valence-corrected chi connectivity index (χ0v) is 16.1. The van der Waals surface area contributed by atoms with E-state index in [0.717, 1.165) is 58.3 Å². The summed E-state index contributed by atoms with van der Waals surface area (Å²) in [5, 5.41) is 3.13. The topological polar surface area (TPSA) is 78.7 Å². The van der Waals surface area contributed by atoms with Crippen LogP contribution in [0.3, 0.4) is 0 Å². The van der Waals surface area contributed by atoms with Gasteiger partial charge in [0.05, 0.1) is 12.5 Å². The molecule has 27 heavy (non-hydrogen) atoms. The Morgan fingerprint density at radius 1 is 1.07 bits per heavy atom. The summed E-state index contributed by atoms with van der Waals surface area (Å²) in [5.74, 6) is 0.0404. The average Bonchev–Trinajstić information content (AvgIpc) is 2.69. The van der Waals surface area contributed by atoms with Crippen molar-refractivity contribution < 1.29 is 9.59 Å². The maximum Gasteiger partial charge on any atom is 0.231 e. The number of hydrogen-bond donors (Lipinski definition) is 2. The Balaban J connectivity index is 1.41. The predicted octanol–water partition coefficient (Wildman–Crippen LogP) is 1.01. The number of likely N-dealkylation sites (tertiary alicyclic amines) is 2. The highest BCUT2D eigenvalue weighted by Gasteiger charge is 2.31. The third-order valence-corrected chi connectivity index (χ3v) is 5.83. The van der Waals surface area contributed by atoms with Gasteiger partial charge in [-0.3, -0.25) is 19.4 Å². The summed E-state index contributed by atoms with van der Waals surface area (Å²) < 4.78 is 0. The van der Waals surface area contributed by atoms with Crippen molar-refractivity contribution >= 4 is 11.8 Å². The molecule has 0 aromatic heterocycles. The molecule has 148 valence electrons. The van der Waals surface area contributed by atoms with Crippen LogP contribution in [-0.2, 0) is 16.0 Å². The van der Waals surface area contributed by atoms with Gasteiger partial charge in [0.2, 0.25) is 11.8 Å². The first-order valence-electron chi connectivity index (χ1n) is 10.2. The van der Waals surface area contributed by atoms with Crippen molar-refractivity contribution in [3.05, 3.63) is 35.9 Å².